The summed E-state index contributed by atoms with van der Waals surface area (Å²) in [7, 11) is 0. The van der Waals surface area contributed by atoms with Crippen LogP contribution in [0, 0.1) is 17.3 Å². The van der Waals surface area contributed by atoms with Gasteiger partial charge in [-0.25, -0.2) is 0 Å². The Hall–Kier alpha value is -2.75. The molecule has 0 radical (unpaired) electrons. The second-order valence-electron chi connectivity index (χ2n) is 13.2. The maximum absolute atomic E-state index is 13.8. The monoisotopic (exact) mass is 595 g/mol. The van der Waals surface area contributed by atoms with Crippen molar-refractivity contribution in [1.82, 2.24) is 4.90 Å². The number of hydrogen-bond acceptors (Lipinski definition) is 3. The molecule has 1 N–H and O–H groups in total. The van der Waals surface area contributed by atoms with Crippen LogP contribution in [0.3, 0.4) is 0 Å². The van der Waals surface area contributed by atoms with Crippen molar-refractivity contribution >= 4 is 5.97 Å². The highest BCUT2D eigenvalue weighted by Crippen LogP contribution is 2.60. The number of hydrogen-bond donors (Lipinski definition) is 1. The van der Waals surface area contributed by atoms with Gasteiger partial charge in [0.25, 0.3) is 0 Å². The summed E-state index contributed by atoms with van der Waals surface area (Å²) >= 11 is 0. The van der Waals surface area contributed by atoms with E-state index in [2.05, 4.69) is 0 Å². The van der Waals surface area contributed by atoms with Gasteiger partial charge in [-0.3, -0.25) is 9.69 Å². The van der Waals surface area contributed by atoms with Gasteiger partial charge in [0.1, 0.15) is 11.4 Å². The third-order valence-corrected chi connectivity index (χ3v) is 10.3. The molecule has 2 aliphatic carbocycles. The predicted octanol–water partition coefficient (Wildman–Crippen LogP) is 8.25. The molecule has 6 rings (SSSR count). The SMILES string of the molecule is C[C@H](C(=O)O)C(c1ccc2c(c1)OC1(CC2)CC2(CCN([C@@H](C)c3cc(C(F)(F)F)ccc3C(F)(F)F)C2)C1)C1CC1. The van der Waals surface area contributed by atoms with Crippen LogP contribution in [0.15, 0.2) is 36.4 Å². The van der Waals surface area contributed by atoms with Crippen LogP contribution in [0.4, 0.5) is 26.3 Å². The fraction of sp³-hybridized carbons (Fsp3) is 0.594. The molecule has 1 unspecified atom stereocenters. The number of nitrogens with zero attached hydrogens (tertiary/aromatic N) is 1. The van der Waals surface area contributed by atoms with Crippen LogP contribution in [0.5, 0.6) is 5.75 Å². The van der Waals surface area contributed by atoms with E-state index in [0.717, 1.165) is 61.8 Å². The molecule has 0 amide bonds. The maximum Gasteiger partial charge on any atom is 0.416 e. The Labute approximate surface area is 241 Å². The van der Waals surface area contributed by atoms with Crippen LogP contribution in [-0.4, -0.2) is 34.7 Å². The lowest BCUT2D eigenvalue weighted by Gasteiger charge is -2.56. The molecule has 10 heteroatoms. The summed E-state index contributed by atoms with van der Waals surface area (Å²) < 4.78 is 88.1. The first-order valence-electron chi connectivity index (χ1n) is 14.7. The Morgan fingerprint density at radius 2 is 1.71 bits per heavy atom. The molecule has 2 spiro atoms. The zero-order chi connectivity index (χ0) is 30.2. The Bertz CT molecular complexity index is 1380. The van der Waals surface area contributed by atoms with Crippen molar-refractivity contribution in [2.75, 3.05) is 13.1 Å². The van der Waals surface area contributed by atoms with Gasteiger partial charge in [0.2, 0.25) is 0 Å². The van der Waals surface area contributed by atoms with Crippen LogP contribution < -0.4 is 4.74 Å². The van der Waals surface area contributed by atoms with E-state index in [1.165, 1.54) is 0 Å². The highest BCUT2D eigenvalue weighted by atomic mass is 19.4. The average Bonchev–Trinajstić information content (AvgIpc) is 3.64. The number of aliphatic carboxylic acids is 1. The van der Waals surface area contributed by atoms with Gasteiger partial charge in [-0.15, -0.1) is 0 Å². The number of carboxylic acid groups (broad SMARTS) is 1. The lowest BCUT2D eigenvalue weighted by atomic mass is 9.56. The summed E-state index contributed by atoms with van der Waals surface area (Å²) in [5.41, 5.74) is -0.917. The van der Waals surface area contributed by atoms with Gasteiger partial charge in [-0.1, -0.05) is 19.1 Å². The van der Waals surface area contributed by atoms with Gasteiger partial charge in [-0.2, -0.15) is 26.3 Å². The number of rotatable bonds is 6. The lowest BCUT2D eigenvalue weighted by Crippen LogP contribution is -2.58. The van der Waals surface area contributed by atoms with Gasteiger partial charge in [0, 0.05) is 12.6 Å². The molecule has 4 nitrogen and oxygen atoms in total. The summed E-state index contributed by atoms with van der Waals surface area (Å²) in [5.74, 6) is -0.223. The lowest BCUT2D eigenvalue weighted by molar-refractivity contribution is -0.142. The van der Waals surface area contributed by atoms with Crippen molar-refractivity contribution in [3.8, 4) is 5.75 Å². The summed E-state index contributed by atoms with van der Waals surface area (Å²) in [4.78, 5) is 13.7. The minimum absolute atomic E-state index is 0.0654. The molecule has 2 heterocycles. The molecule has 4 aliphatic rings. The second kappa shape index (κ2) is 9.89. The predicted molar refractivity (Wildman–Crippen MR) is 143 cm³/mol. The van der Waals surface area contributed by atoms with Crippen molar-refractivity contribution in [3.05, 3.63) is 64.2 Å². The van der Waals surface area contributed by atoms with E-state index in [4.69, 9.17) is 4.74 Å². The molecule has 3 atom stereocenters. The molecule has 2 aromatic rings. The summed E-state index contributed by atoms with van der Waals surface area (Å²) in [6.07, 6.45) is -3.58. The first-order chi connectivity index (χ1) is 19.6. The topological polar surface area (TPSA) is 49.8 Å². The van der Waals surface area contributed by atoms with Gasteiger partial charge in [0.15, 0.2) is 0 Å². The largest absolute Gasteiger partial charge is 0.487 e. The molecular weight excluding hydrogens is 560 g/mol. The number of halogens is 6. The Kier molecular flexibility index (Phi) is 6.91. The van der Waals surface area contributed by atoms with E-state index in [-0.39, 0.29) is 22.5 Å². The van der Waals surface area contributed by atoms with E-state index < -0.39 is 41.4 Å². The fourth-order valence-corrected chi connectivity index (χ4v) is 8.00. The van der Waals surface area contributed by atoms with Crippen molar-refractivity contribution in [3.63, 3.8) is 0 Å². The van der Waals surface area contributed by atoms with E-state index in [0.29, 0.717) is 37.2 Å². The number of benzene rings is 2. The first kappa shape index (κ1) is 29.3. The van der Waals surface area contributed by atoms with E-state index in [9.17, 15) is 36.2 Å². The van der Waals surface area contributed by atoms with Crippen LogP contribution in [-0.2, 0) is 23.6 Å². The molecule has 0 aromatic heterocycles. The maximum atomic E-state index is 13.8. The highest BCUT2D eigenvalue weighted by Gasteiger charge is 2.60. The molecule has 0 bridgehead atoms. The summed E-state index contributed by atoms with van der Waals surface area (Å²) in [5, 5.41) is 9.67. The van der Waals surface area contributed by atoms with Gasteiger partial charge in [-0.05, 0) is 117 Å². The minimum Gasteiger partial charge on any atom is -0.487 e. The number of fused-ring (bicyclic) bond motifs is 1. The van der Waals surface area contributed by atoms with Crippen LogP contribution in [0.2, 0.25) is 0 Å². The van der Waals surface area contributed by atoms with Crippen molar-refractivity contribution in [2.45, 2.75) is 88.7 Å². The number of aryl methyl sites for hydroxylation is 1. The van der Waals surface area contributed by atoms with Gasteiger partial charge >= 0.3 is 18.3 Å². The summed E-state index contributed by atoms with van der Waals surface area (Å²) in [6, 6.07) is 6.96. The standard InChI is InChI=1S/C32H35F6NO3/c1-18(28(40)41)27(21-4-5-21)22-6-3-20-9-10-30(42-26(20)13-22)15-29(16-30)11-12-39(17-29)19(2)24-14-23(31(33,34)35)7-8-25(24)32(36,37)38/h3,6-8,13-14,18-19,21,27H,4-5,9-12,15-17H2,1-2H3,(H,40,41)/t18-,19-,27?,29?,30?/m0/s1. The highest BCUT2D eigenvalue weighted by molar-refractivity contribution is 5.71. The minimum atomic E-state index is -4.76. The van der Waals surface area contributed by atoms with Gasteiger partial charge in [0.05, 0.1) is 17.0 Å². The quantitative estimate of drug-likeness (QED) is 0.342. The second-order valence-corrected chi connectivity index (χ2v) is 13.2. The molecule has 2 saturated carbocycles. The number of likely N-dealkylation sites (tertiary alicyclic amines) is 1. The Morgan fingerprint density at radius 3 is 2.33 bits per heavy atom. The molecule has 3 fully saturated rings. The summed E-state index contributed by atoms with van der Waals surface area (Å²) in [6.45, 7) is 4.31. The number of carboxylic acids is 1. The average molecular weight is 596 g/mol. The zero-order valence-corrected chi connectivity index (χ0v) is 23.6. The van der Waals surface area contributed by atoms with Crippen molar-refractivity contribution in [2.24, 2.45) is 17.3 Å². The Balaban J connectivity index is 1.17. The van der Waals surface area contributed by atoms with E-state index in [1.807, 2.05) is 23.1 Å². The molecule has 228 valence electrons. The first-order valence-corrected chi connectivity index (χ1v) is 14.7. The van der Waals surface area contributed by atoms with Gasteiger partial charge < -0.3 is 9.84 Å². The van der Waals surface area contributed by atoms with Crippen LogP contribution >= 0.6 is 0 Å². The zero-order valence-electron chi connectivity index (χ0n) is 23.6. The van der Waals surface area contributed by atoms with Crippen molar-refractivity contribution < 1.29 is 41.0 Å². The Morgan fingerprint density at radius 1 is 1.00 bits per heavy atom. The molecular formula is C32H35F6NO3. The molecule has 2 aliphatic heterocycles. The molecule has 42 heavy (non-hydrogen) atoms. The fourth-order valence-electron chi connectivity index (χ4n) is 8.00. The number of alkyl halides is 6. The van der Waals surface area contributed by atoms with E-state index in [1.54, 1.807) is 13.8 Å². The number of carbonyl (C=O) groups is 1. The van der Waals surface area contributed by atoms with E-state index >= 15 is 0 Å². The third kappa shape index (κ3) is 5.28. The molecule has 2 aromatic carbocycles. The smallest absolute Gasteiger partial charge is 0.416 e. The number of ether oxygens (including phenoxy) is 1. The van der Waals surface area contributed by atoms with Crippen molar-refractivity contribution in [1.29, 1.82) is 0 Å². The normalized spacial score (nSPS) is 28.2. The molecule has 1 saturated heterocycles. The van der Waals surface area contributed by atoms with Crippen LogP contribution in [0.25, 0.3) is 0 Å². The van der Waals surface area contributed by atoms with Crippen LogP contribution in [0.1, 0.15) is 92.1 Å². The third-order valence-electron chi connectivity index (χ3n) is 10.3.